The predicted octanol–water partition coefficient (Wildman–Crippen LogP) is 1.13. The van der Waals surface area contributed by atoms with Crippen LogP contribution in [0.4, 0.5) is 11.6 Å². The van der Waals surface area contributed by atoms with Crippen LogP contribution in [0.25, 0.3) is 0 Å². The van der Waals surface area contributed by atoms with Gasteiger partial charge in [-0.25, -0.2) is 9.97 Å². The largest absolute Gasteiger partial charge is 0.391 e. The fourth-order valence-electron chi connectivity index (χ4n) is 3.41. The van der Waals surface area contributed by atoms with Gasteiger partial charge in [0.2, 0.25) is 0 Å². The van der Waals surface area contributed by atoms with Gasteiger partial charge in [-0.1, -0.05) is 11.6 Å². The van der Waals surface area contributed by atoms with Crippen molar-refractivity contribution in [2.45, 2.75) is 31.9 Å². The van der Waals surface area contributed by atoms with Crippen LogP contribution >= 0.6 is 0 Å². The summed E-state index contributed by atoms with van der Waals surface area (Å²) in [5, 5.41) is 10.1. The van der Waals surface area contributed by atoms with Crippen molar-refractivity contribution in [3.05, 3.63) is 24.0 Å². The van der Waals surface area contributed by atoms with Gasteiger partial charge in [0.15, 0.2) is 0 Å². The van der Waals surface area contributed by atoms with Crippen LogP contribution < -0.4 is 9.80 Å². The van der Waals surface area contributed by atoms with Gasteiger partial charge in [-0.2, -0.15) is 0 Å². The van der Waals surface area contributed by atoms with E-state index in [0.29, 0.717) is 12.6 Å². The number of β-amino-alcohol motifs (C(OH)–C–C–N with tert-alkyl or cyclic N) is 1. The minimum Gasteiger partial charge on any atom is -0.391 e. The number of aliphatic hydroxyl groups is 1. The Kier molecular flexibility index (Phi) is 4.82. The highest BCUT2D eigenvalue weighted by Crippen LogP contribution is 2.27. The molecule has 6 heteroatoms. The Hall–Kier alpha value is -1.66. The Morgan fingerprint density at radius 3 is 2.78 bits per heavy atom. The van der Waals surface area contributed by atoms with E-state index in [1.807, 2.05) is 0 Å². The highest BCUT2D eigenvalue weighted by Gasteiger charge is 2.32. The molecule has 2 atom stereocenters. The highest BCUT2D eigenvalue weighted by atomic mass is 16.3. The Bertz CT molecular complexity index is 574. The van der Waals surface area contributed by atoms with Crippen molar-refractivity contribution in [3.63, 3.8) is 0 Å². The van der Waals surface area contributed by atoms with Gasteiger partial charge in [0, 0.05) is 38.3 Å². The van der Waals surface area contributed by atoms with Crippen molar-refractivity contribution in [2.75, 3.05) is 50.1 Å². The molecule has 0 unspecified atom stereocenters. The van der Waals surface area contributed by atoms with E-state index in [-0.39, 0.29) is 6.10 Å². The standard InChI is InChI=1S/C17H27N5O/c1-13-4-6-21(7-5-13)16-9-17(19-12-18-16)22-11-15(23)8-14(22)10-20(2)3/h4,9,12,14-15,23H,5-8,10-11H2,1-3H3/t14-,15-/m1/s1. The van der Waals surface area contributed by atoms with E-state index in [9.17, 15) is 5.11 Å². The van der Waals surface area contributed by atoms with Gasteiger partial charge in [-0.3, -0.25) is 0 Å². The van der Waals surface area contributed by atoms with Gasteiger partial charge in [0.25, 0.3) is 0 Å². The van der Waals surface area contributed by atoms with Crippen LogP contribution in [0.1, 0.15) is 19.8 Å². The van der Waals surface area contributed by atoms with Crippen LogP contribution in [-0.2, 0) is 0 Å². The molecule has 0 aliphatic carbocycles. The minimum absolute atomic E-state index is 0.279. The molecule has 0 bridgehead atoms. The van der Waals surface area contributed by atoms with Gasteiger partial charge in [0.1, 0.15) is 18.0 Å². The first-order chi connectivity index (χ1) is 11.0. The lowest BCUT2D eigenvalue weighted by Gasteiger charge is -2.30. The maximum absolute atomic E-state index is 10.1. The summed E-state index contributed by atoms with van der Waals surface area (Å²) < 4.78 is 0. The van der Waals surface area contributed by atoms with E-state index < -0.39 is 0 Å². The molecule has 126 valence electrons. The zero-order valence-corrected chi connectivity index (χ0v) is 14.3. The highest BCUT2D eigenvalue weighted by molar-refractivity contribution is 5.52. The zero-order chi connectivity index (χ0) is 16.4. The number of hydrogen-bond acceptors (Lipinski definition) is 6. The summed E-state index contributed by atoms with van der Waals surface area (Å²) in [7, 11) is 4.13. The van der Waals surface area contributed by atoms with Crippen LogP contribution in [0.5, 0.6) is 0 Å². The number of rotatable bonds is 4. The fraction of sp³-hybridized carbons (Fsp3) is 0.647. The molecule has 6 nitrogen and oxygen atoms in total. The third kappa shape index (κ3) is 3.82. The SMILES string of the molecule is CC1=CCN(c2cc(N3C[C@H](O)C[C@@H]3CN(C)C)ncn2)CC1. The van der Waals surface area contributed by atoms with Gasteiger partial charge in [-0.05, 0) is 33.9 Å². The molecule has 0 amide bonds. The number of nitrogens with zero attached hydrogens (tertiary/aromatic N) is 5. The van der Waals surface area contributed by atoms with Crippen molar-refractivity contribution < 1.29 is 5.11 Å². The first kappa shape index (κ1) is 16.2. The van der Waals surface area contributed by atoms with E-state index in [1.54, 1.807) is 6.33 Å². The summed E-state index contributed by atoms with van der Waals surface area (Å²) in [6.07, 6.45) is 5.51. The average Bonchev–Trinajstić information content (AvgIpc) is 2.88. The van der Waals surface area contributed by atoms with Crippen molar-refractivity contribution in [2.24, 2.45) is 0 Å². The van der Waals surface area contributed by atoms with E-state index >= 15 is 0 Å². The number of likely N-dealkylation sites (N-methyl/N-ethyl adjacent to an activating group) is 1. The summed E-state index contributed by atoms with van der Waals surface area (Å²) in [6, 6.07) is 2.36. The third-order valence-electron chi connectivity index (χ3n) is 4.66. The summed E-state index contributed by atoms with van der Waals surface area (Å²) in [5.74, 6) is 1.90. The molecule has 0 spiro atoms. The monoisotopic (exact) mass is 317 g/mol. The minimum atomic E-state index is -0.279. The maximum atomic E-state index is 10.1. The zero-order valence-electron chi connectivity index (χ0n) is 14.3. The molecule has 1 N–H and O–H groups in total. The molecule has 0 aromatic carbocycles. The summed E-state index contributed by atoms with van der Waals surface area (Å²) in [5.41, 5.74) is 1.45. The first-order valence-corrected chi connectivity index (χ1v) is 8.35. The van der Waals surface area contributed by atoms with Gasteiger partial charge < -0.3 is 19.8 Å². The second-order valence-corrected chi connectivity index (χ2v) is 6.94. The molecule has 1 aromatic heterocycles. The van der Waals surface area contributed by atoms with Crippen molar-refractivity contribution in [3.8, 4) is 0 Å². The lowest BCUT2D eigenvalue weighted by atomic mass is 10.1. The quantitative estimate of drug-likeness (QED) is 0.840. The van der Waals surface area contributed by atoms with Crippen LogP contribution in [-0.4, -0.2) is 72.4 Å². The summed E-state index contributed by atoms with van der Waals surface area (Å²) in [6.45, 7) is 5.66. The maximum Gasteiger partial charge on any atom is 0.134 e. The normalized spacial score (nSPS) is 25.2. The van der Waals surface area contributed by atoms with E-state index in [0.717, 1.165) is 44.1 Å². The molecule has 0 radical (unpaired) electrons. The second-order valence-electron chi connectivity index (χ2n) is 6.94. The topological polar surface area (TPSA) is 55.7 Å². The Labute approximate surface area is 138 Å². The molecule has 1 saturated heterocycles. The number of aliphatic hydroxyl groups excluding tert-OH is 1. The van der Waals surface area contributed by atoms with Gasteiger partial charge in [-0.15, -0.1) is 0 Å². The molecule has 1 fully saturated rings. The number of aromatic nitrogens is 2. The number of hydrogen-bond donors (Lipinski definition) is 1. The van der Waals surface area contributed by atoms with Crippen molar-refractivity contribution in [1.29, 1.82) is 0 Å². The molecule has 3 heterocycles. The average molecular weight is 317 g/mol. The smallest absolute Gasteiger partial charge is 0.134 e. The Morgan fingerprint density at radius 1 is 1.30 bits per heavy atom. The van der Waals surface area contributed by atoms with Crippen LogP contribution in [0, 0.1) is 0 Å². The summed E-state index contributed by atoms with van der Waals surface area (Å²) >= 11 is 0. The third-order valence-corrected chi connectivity index (χ3v) is 4.66. The number of anilines is 2. The molecule has 2 aliphatic rings. The molecule has 3 rings (SSSR count). The lowest BCUT2D eigenvalue weighted by molar-refractivity contribution is 0.191. The molecule has 2 aliphatic heterocycles. The van der Waals surface area contributed by atoms with Gasteiger partial charge >= 0.3 is 0 Å². The molecule has 23 heavy (non-hydrogen) atoms. The lowest BCUT2D eigenvalue weighted by Crippen LogP contribution is -2.38. The predicted molar refractivity (Wildman–Crippen MR) is 92.9 cm³/mol. The van der Waals surface area contributed by atoms with E-state index in [1.165, 1.54) is 5.57 Å². The van der Waals surface area contributed by atoms with E-state index in [4.69, 9.17) is 0 Å². The van der Waals surface area contributed by atoms with Crippen molar-refractivity contribution >= 4 is 11.6 Å². The van der Waals surface area contributed by atoms with Crippen LogP contribution in [0.3, 0.4) is 0 Å². The molecule has 0 saturated carbocycles. The summed E-state index contributed by atoms with van der Waals surface area (Å²) in [4.78, 5) is 15.6. The van der Waals surface area contributed by atoms with Crippen molar-refractivity contribution in [1.82, 2.24) is 14.9 Å². The first-order valence-electron chi connectivity index (χ1n) is 8.35. The van der Waals surface area contributed by atoms with Crippen LogP contribution in [0.2, 0.25) is 0 Å². The van der Waals surface area contributed by atoms with E-state index in [2.05, 4.69) is 57.8 Å². The fourth-order valence-corrected chi connectivity index (χ4v) is 3.41. The second kappa shape index (κ2) is 6.84. The molecular weight excluding hydrogens is 290 g/mol. The Morgan fingerprint density at radius 2 is 2.09 bits per heavy atom. The van der Waals surface area contributed by atoms with Crippen LogP contribution in [0.15, 0.2) is 24.0 Å². The molecule has 1 aromatic rings. The Balaban J connectivity index is 1.78. The van der Waals surface area contributed by atoms with Gasteiger partial charge in [0.05, 0.1) is 6.10 Å². The molecular formula is C17H27N5O.